The van der Waals surface area contributed by atoms with E-state index in [4.69, 9.17) is 4.74 Å². The number of pyridine rings is 1. The summed E-state index contributed by atoms with van der Waals surface area (Å²) in [6.45, 7) is 0. The topological polar surface area (TPSA) is 68.3 Å². The lowest BCUT2D eigenvalue weighted by Crippen LogP contribution is -2.33. The SMILES string of the molecule is O=C(O[C@H](C(=O)NC1CC1)c1ccccc1)c1ccc2ccccc2n1. The molecule has 0 aliphatic heterocycles. The quantitative estimate of drug-likeness (QED) is 0.719. The number of nitrogens with zero attached hydrogens (tertiary/aromatic N) is 1. The Bertz CT molecular complexity index is 952. The van der Waals surface area contributed by atoms with Crippen LogP contribution >= 0.6 is 0 Å². The number of benzene rings is 2. The highest BCUT2D eigenvalue weighted by Gasteiger charge is 2.31. The van der Waals surface area contributed by atoms with Gasteiger partial charge in [0.05, 0.1) is 5.52 Å². The summed E-state index contributed by atoms with van der Waals surface area (Å²) in [4.78, 5) is 29.5. The molecule has 26 heavy (non-hydrogen) atoms. The van der Waals surface area contributed by atoms with E-state index in [1.165, 1.54) is 0 Å². The van der Waals surface area contributed by atoms with Gasteiger partial charge in [-0.1, -0.05) is 54.6 Å². The molecule has 4 rings (SSSR count). The molecule has 130 valence electrons. The van der Waals surface area contributed by atoms with Gasteiger partial charge in [0.2, 0.25) is 6.10 Å². The van der Waals surface area contributed by atoms with E-state index < -0.39 is 12.1 Å². The third-order valence-electron chi connectivity index (χ3n) is 4.30. The van der Waals surface area contributed by atoms with Crippen LogP contribution in [0.15, 0.2) is 66.7 Å². The second-order valence-electron chi connectivity index (χ2n) is 6.37. The maximum absolute atomic E-state index is 12.6. The van der Waals surface area contributed by atoms with Crippen molar-refractivity contribution in [3.63, 3.8) is 0 Å². The van der Waals surface area contributed by atoms with E-state index >= 15 is 0 Å². The predicted molar refractivity (Wildman–Crippen MR) is 97.5 cm³/mol. The van der Waals surface area contributed by atoms with E-state index in [9.17, 15) is 9.59 Å². The van der Waals surface area contributed by atoms with Gasteiger partial charge < -0.3 is 10.1 Å². The number of carbonyl (C=O) groups is 2. The minimum Gasteiger partial charge on any atom is -0.443 e. The molecule has 0 bridgehead atoms. The van der Waals surface area contributed by atoms with Crippen LogP contribution in [-0.2, 0) is 9.53 Å². The molecule has 1 N–H and O–H groups in total. The van der Waals surface area contributed by atoms with Gasteiger partial charge in [0.25, 0.3) is 5.91 Å². The summed E-state index contributed by atoms with van der Waals surface area (Å²) >= 11 is 0. The number of carbonyl (C=O) groups excluding carboxylic acids is 2. The highest BCUT2D eigenvalue weighted by molar-refractivity contribution is 5.93. The number of rotatable bonds is 5. The average Bonchev–Trinajstić information content (AvgIpc) is 3.50. The van der Waals surface area contributed by atoms with E-state index in [-0.39, 0.29) is 17.6 Å². The zero-order chi connectivity index (χ0) is 17.9. The Morgan fingerprint density at radius 1 is 0.962 bits per heavy atom. The van der Waals surface area contributed by atoms with Gasteiger partial charge in [-0.3, -0.25) is 4.79 Å². The molecule has 0 spiro atoms. The van der Waals surface area contributed by atoms with E-state index in [1.54, 1.807) is 18.2 Å². The van der Waals surface area contributed by atoms with Crippen molar-refractivity contribution in [2.24, 2.45) is 0 Å². The Morgan fingerprint density at radius 2 is 1.69 bits per heavy atom. The third-order valence-corrected chi connectivity index (χ3v) is 4.30. The van der Waals surface area contributed by atoms with Gasteiger partial charge in [-0.2, -0.15) is 0 Å². The molecular formula is C21H18N2O3. The molecule has 1 aliphatic carbocycles. The zero-order valence-corrected chi connectivity index (χ0v) is 14.1. The van der Waals surface area contributed by atoms with Crippen LogP contribution in [0.2, 0.25) is 0 Å². The molecule has 1 saturated carbocycles. The van der Waals surface area contributed by atoms with Crippen LogP contribution in [0.5, 0.6) is 0 Å². The van der Waals surface area contributed by atoms with Crippen LogP contribution in [0, 0.1) is 0 Å². The van der Waals surface area contributed by atoms with Gasteiger partial charge in [0.1, 0.15) is 5.69 Å². The Kier molecular flexibility index (Phi) is 4.35. The van der Waals surface area contributed by atoms with Crippen LogP contribution in [0.1, 0.15) is 35.0 Å². The summed E-state index contributed by atoms with van der Waals surface area (Å²) in [5, 5.41) is 3.84. The number of esters is 1. The molecular weight excluding hydrogens is 328 g/mol. The Balaban J connectivity index is 1.59. The number of hydrogen-bond donors (Lipinski definition) is 1. The first-order chi connectivity index (χ1) is 12.7. The molecule has 1 aromatic heterocycles. The van der Waals surface area contributed by atoms with Crippen LogP contribution in [-0.4, -0.2) is 22.9 Å². The van der Waals surface area contributed by atoms with Gasteiger partial charge in [-0.05, 0) is 25.0 Å². The molecule has 1 heterocycles. The third kappa shape index (κ3) is 3.57. The van der Waals surface area contributed by atoms with Crippen molar-refractivity contribution >= 4 is 22.8 Å². The largest absolute Gasteiger partial charge is 0.443 e. The monoisotopic (exact) mass is 346 g/mol. The van der Waals surface area contributed by atoms with Crippen LogP contribution in [0.25, 0.3) is 10.9 Å². The van der Waals surface area contributed by atoms with E-state index in [0.29, 0.717) is 11.1 Å². The predicted octanol–water partition coefficient (Wildman–Crippen LogP) is 3.41. The van der Waals surface area contributed by atoms with Crippen molar-refractivity contribution in [3.05, 3.63) is 78.0 Å². The lowest BCUT2D eigenvalue weighted by atomic mass is 10.1. The molecule has 0 radical (unpaired) electrons. The van der Waals surface area contributed by atoms with Gasteiger partial charge in [-0.15, -0.1) is 0 Å². The zero-order valence-electron chi connectivity index (χ0n) is 14.1. The fourth-order valence-electron chi connectivity index (χ4n) is 2.75. The van der Waals surface area contributed by atoms with Crippen molar-refractivity contribution in [3.8, 4) is 0 Å². The second kappa shape index (κ2) is 6.96. The molecule has 2 aromatic carbocycles. The number of para-hydroxylation sites is 1. The molecule has 3 aromatic rings. The molecule has 5 heteroatoms. The lowest BCUT2D eigenvalue weighted by molar-refractivity contribution is -0.130. The Labute approximate surface area is 151 Å². The van der Waals surface area contributed by atoms with E-state index in [2.05, 4.69) is 10.3 Å². The van der Waals surface area contributed by atoms with Gasteiger partial charge >= 0.3 is 5.97 Å². The van der Waals surface area contributed by atoms with Crippen LogP contribution in [0.4, 0.5) is 0 Å². The van der Waals surface area contributed by atoms with Crippen molar-refractivity contribution in [2.45, 2.75) is 25.0 Å². The first-order valence-corrected chi connectivity index (χ1v) is 8.63. The maximum atomic E-state index is 12.6. The fraction of sp³-hybridized carbons (Fsp3) is 0.190. The first-order valence-electron chi connectivity index (χ1n) is 8.63. The van der Waals surface area contributed by atoms with Crippen LogP contribution < -0.4 is 5.32 Å². The summed E-state index contributed by atoms with van der Waals surface area (Å²) in [5.41, 5.74) is 1.53. The van der Waals surface area contributed by atoms with Crippen LogP contribution in [0.3, 0.4) is 0 Å². The standard InChI is InChI=1S/C21H18N2O3/c24-20(22-16-11-12-16)19(15-7-2-1-3-8-15)26-21(25)18-13-10-14-6-4-5-9-17(14)23-18/h1-10,13,16,19H,11-12H2,(H,22,24)/t19-/m0/s1. The summed E-state index contributed by atoms with van der Waals surface area (Å²) < 4.78 is 5.55. The van der Waals surface area contributed by atoms with E-state index in [1.807, 2.05) is 48.5 Å². The lowest BCUT2D eigenvalue weighted by Gasteiger charge is -2.18. The smallest absolute Gasteiger partial charge is 0.358 e. The Hall–Kier alpha value is -3.21. The minimum absolute atomic E-state index is 0.184. The van der Waals surface area contributed by atoms with Gasteiger partial charge in [0, 0.05) is 17.0 Å². The number of nitrogens with one attached hydrogen (secondary N) is 1. The number of amides is 1. The van der Waals surface area contributed by atoms with Crippen molar-refractivity contribution in [1.82, 2.24) is 10.3 Å². The fourth-order valence-corrected chi connectivity index (χ4v) is 2.75. The summed E-state index contributed by atoms with van der Waals surface area (Å²) in [7, 11) is 0. The number of hydrogen-bond acceptors (Lipinski definition) is 4. The van der Waals surface area contributed by atoms with Crippen molar-refractivity contribution < 1.29 is 14.3 Å². The highest BCUT2D eigenvalue weighted by Crippen LogP contribution is 2.24. The summed E-state index contributed by atoms with van der Waals surface area (Å²) in [5.74, 6) is -0.914. The molecule has 1 aliphatic rings. The van der Waals surface area contributed by atoms with E-state index in [0.717, 1.165) is 18.2 Å². The molecule has 5 nitrogen and oxygen atoms in total. The van der Waals surface area contributed by atoms with Crippen molar-refractivity contribution in [1.29, 1.82) is 0 Å². The number of fused-ring (bicyclic) bond motifs is 1. The summed E-state index contributed by atoms with van der Waals surface area (Å²) in [6.07, 6.45) is 0.943. The maximum Gasteiger partial charge on any atom is 0.358 e. The summed E-state index contributed by atoms with van der Waals surface area (Å²) in [6, 6.07) is 20.2. The minimum atomic E-state index is -0.988. The molecule has 0 unspecified atom stereocenters. The first kappa shape index (κ1) is 16.3. The molecule has 1 amide bonds. The number of aromatic nitrogens is 1. The van der Waals surface area contributed by atoms with Crippen molar-refractivity contribution in [2.75, 3.05) is 0 Å². The molecule has 1 fully saturated rings. The number of ether oxygens (including phenoxy) is 1. The molecule has 0 saturated heterocycles. The molecule has 1 atom stereocenters. The second-order valence-corrected chi connectivity index (χ2v) is 6.37. The normalized spacial score (nSPS) is 14.6. The van der Waals surface area contributed by atoms with Gasteiger partial charge in [-0.25, -0.2) is 9.78 Å². The Morgan fingerprint density at radius 3 is 2.46 bits per heavy atom. The van der Waals surface area contributed by atoms with Gasteiger partial charge in [0.15, 0.2) is 0 Å². The highest BCUT2D eigenvalue weighted by atomic mass is 16.5. The average molecular weight is 346 g/mol.